The molecule has 22 heavy (non-hydrogen) atoms. The first-order valence-corrected chi connectivity index (χ1v) is 9.53. The molecule has 0 aromatic heterocycles. The summed E-state index contributed by atoms with van der Waals surface area (Å²) in [4.78, 5) is 7.13. The Morgan fingerprint density at radius 1 is 1.00 bits per heavy atom. The lowest BCUT2D eigenvalue weighted by Crippen LogP contribution is -2.59. The van der Waals surface area contributed by atoms with Crippen LogP contribution >= 0.6 is 0 Å². The van der Waals surface area contributed by atoms with Crippen molar-refractivity contribution in [1.29, 1.82) is 0 Å². The van der Waals surface area contributed by atoms with Gasteiger partial charge in [0.25, 0.3) is 0 Å². The molecule has 2 saturated heterocycles. The Hall–Kier alpha value is -0.160. The first-order chi connectivity index (χ1) is 10.8. The molecule has 3 aliphatic rings. The van der Waals surface area contributed by atoms with E-state index in [9.17, 15) is 0 Å². The summed E-state index contributed by atoms with van der Waals surface area (Å²) in [6.45, 7) is 14.3. The largest absolute Gasteiger partial charge is 0.317 e. The fourth-order valence-electron chi connectivity index (χ4n) is 4.09. The molecule has 0 amide bonds. The Morgan fingerprint density at radius 3 is 2.05 bits per heavy atom. The van der Waals surface area contributed by atoms with Gasteiger partial charge in [0, 0.05) is 19.6 Å². The van der Waals surface area contributed by atoms with Gasteiger partial charge >= 0.3 is 0 Å². The maximum atomic E-state index is 8.70. The van der Waals surface area contributed by atoms with Crippen molar-refractivity contribution in [3.8, 4) is 0 Å². The lowest BCUT2D eigenvalue weighted by molar-refractivity contribution is -0.289. The summed E-state index contributed by atoms with van der Waals surface area (Å²) in [6, 6.07) is 0. The van der Waals surface area contributed by atoms with Crippen LogP contribution in [-0.2, 0) is 4.89 Å². The monoisotopic (exact) mass is 314 g/mol. The zero-order valence-electron chi connectivity index (χ0n) is 15.2. The minimum absolute atomic E-state index is 0.106. The fourth-order valence-corrected chi connectivity index (χ4v) is 4.09. The normalized spacial score (nSPS) is 25.5. The quantitative estimate of drug-likeness (QED) is 0.615. The molecule has 2 aliphatic heterocycles. The van der Waals surface area contributed by atoms with Crippen LogP contribution in [-0.4, -0.2) is 49.0 Å². The third-order valence-electron chi connectivity index (χ3n) is 5.24. The number of likely N-dealkylation sites (tertiary alicyclic amines) is 1. The van der Waals surface area contributed by atoms with Gasteiger partial charge in [0.05, 0.1) is 6.10 Å². The van der Waals surface area contributed by atoms with Gasteiger partial charge in [-0.1, -0.05) is 27.7 Å². The van der Waals surface area contributed by atoms with Crippen LogP contribution in [0.25, 0.3) is 0 Å². The van der Waals surface area contributed by atoms with Gasteiger partial charge in [-0.05, 0) is 62.9 Å². The van der Waals surface area contributed by atoms with Crippen LogP contribution in [0.4, 0.5) is 0 Å². The number of nitrogens with zero attached hydrogens (tertiary/aromatic N) is 1. The van der Waals surface area contributed by atoms with Crippen LogP contribution in [0.1, 0.15) is 66.2 Å². The molecule has 0 atom stereocenters. The van der Waals surface area contributed by atoms with Crippen LogP contribution in [0.3, 0.4) is 0 Å². The van der Waals surface area contributed by atoms with Gasteiger partial charge in [-0.3, -0.25) is 5.26 Å². The summed E-state index contributed by atoms with van der Waals surface area (Å²) in [6.07, 6.45) is 7.36. The van der Waals surface area contributed by atoms with Gasteiger partial charge in [0.15, 0.2) is 0 Å². The summed E-state index contributed by atoms with van der Waals surface area (Å²) in [5, 5.41) is 12.1. The second-order valence-corrected chi connectivity index (χ2v) is 6.67. The summed E-state index contributed by atoms with van der Waals surface area (Å²) >= 11 is 0. The number of rotatable bonds is 3. The predicted molar refractivity (Wildman–Crippen MR) is 93.1 cm³/mol. The fraction of sp³-hybridized carbons (Fsp3) is 1.00. The van der Waals surface area contributed by atoms with E-state index in [-0.39, 0.29) is 6.10 Å². The first kappa shape index (κ1) is 19.9. The second-order valence-electron chi connectivity index (χ2n) is 6.67. The summed E-state index contributed by atoms with van der Waals surface area (Å²) in [7, 11) is 0. The first-order valence-electron chi connectivity index (χ1n) is 9.53. The molecule has 4 nitrogen and oxygen atoms in total. The molecular weight excluding hydrogens is 276 g/mol. The zero-order valence-corrected chi connectivity index (χ0v) is 15.2. The lowest BCUT2D eigenvalue weighted by atomic mass is 9.67. The Bertz CT molecular complexity index is 264. The van der Waals surface area contributed by atoms with E-state index >= 15 is 0 Å². The van der Waals surface area contributed by atoms with E-state index in [1.165, 1.54) is 58.4 Å². The summed E-state index contributed by atoms with van der Waals surface area (Å²) in [5.41, 5.74) is 0.571. The Kier molecular flexibility index (Phi) is 9.57. The standard InChI is InChI=1S/C14H26N2O2.2C2H6/c17-18-13-1-5-14(6-2-13)10-16(11-14)9-12-3-7-15-8-4-12;2*1-2/h12-13,15,17H,1-11H2;2*1-2H3. The van der Waals surface area contributed by atoms with Crippen molar-refractivity contribution in [3.63, 3.8) is 0 Å². The van der Waals surface area contributed by atoms with Crippen molar-refractivity contribution in [3.05, 3.63) is 0 Å². The molecular formula is C18H38N2O2. The Morgan fingerprint density at radius 2 is 1.55 bits per heavy atom. The third kappa shape index (κ3) is 5.48. The highest BCUT2D eigenvalue weighted by Crippen LogP contribution is 2.44. The van der Waals surface area contributed by atoms with Crippen molar-refractivity contribution >= 4 is 0 Å². The van der Waals surface area contributed by atoms with E-state index in [1.54, 1.807) is 0 Å². The molecule has 1 saturated carbocycles. The van der Waals surface area contributed by atoms with E-state index in [0.717, 1.165) is 18.8 Å². The zero-order chi connectivity index (χ0) is 16.4. The number of hydrogen-bond donors (Lipinski definition) is 2. The molecule has 1 spiro atoms. The Labute approximate surface area is 137 Å². The van der Waals surface area contributed by atoms with Crippen LogP contribution in [0.5, 0.6) is 0 Å². The van der Waals surface area contributed by atoms with E-state index in [4.69, 9.17) is 5.26 Å². The van der Waals surface area contributed by atoms with Crippen molar-refractivity contribution in [2.75, 3.05) is 32.7 Å². The van der Waals surface area contributed by atoms with E-state index in [0.29, 0.717) is 5.41 Å². The number of nitrogens with one attached hydrogen (secondary N) is 1. The summed E-state index contributed by atoms with van der Waals surface area (Å²) < 4.78 is 0. The third-order valence-corrected chi connectivity index (χ3v) is 5.24. The summed E-state index contributed by atoms with van der Waals surface area (Å²) in [5.74, 6) is 0.917. The van der Waals surface area contributed by atoms with Crippen molar-refractivity contribution in [2.24, 2.45) is 11.3 Å². The van der Waals surface area contributed by atoms with Gasteiger partial charge in [-0.2, -0.15) is 0 Å². The number of hydrogen-bond acceptors (Lipinski definition) is 4. The molecule has 2 heterocycles. The molecule has 3 fully saturated rings. The molecule has 1 aliphatic carbocycles. The van der Waals surface area contributed by atoms with Gasteiger partial charge < -0.3 is 10.2 Å². The van der Waals surface area contributed by atoms with Gasteiger partial charge in [-0.25, -0.2) is 4.89 Å². The van der Waals surface area contributed by atoms with Gasteiger partial charge in [0.2, 0.25) is 0 Å². The van der Waals surface area contributed by atoms with Crippen molar-refractivity contribution in [2.45, 2.75) is 72.3 Å². The van der Waals surface area contributed by atoms with Crippen LogP contribution in [0.15, 0.2) is 0 Å². The molecule has 0 bridgehead atoms. The highest BCUT2D eigenvalue weighted by molar-refractivity contribution is 4.98. The Balaban J connectivity index is 0.000000561. The molecule has 2 N–H and O–H groups in total. The molecule has 132 valence electrons. The van der Waals surface area contributed by atoms with E-state index < -0.39 is 0 Å². The molecule has 0 aromatic carbocycles. The average molecular weight is 315 g/mol. The highest BCUT2D eigenvalue weighted by Gasteiger charge is 2.45. The SMILES string of the molecule is CC.CC.OOC1CCC2(CC1)CN(CC1CCNCC1)C2. The predicted octanol–water partition coefficient (Wildman–Crippen LogP) is 3.77. The van der Waals surface area contributed by atoms with E-state index in [2.05, 4.69) is 15.1 Å². The van der Waals surface area contributed by atoms with Crippen LogP contribution < -0.4 is 5.32 Å². The molecule has 3 rings (SSSR count). The smallest absolute Gasteiger partial charge is 0.0927 e. The molecule has 0 aromatic rings. The minimum Gasteiger partial charge on any atom is -0.317 e. The van der Waals surface area contributed by atoms with Crippen LogP contribution in [0.2, 0.25) is 0 Å². The topological polar surface area (TPSA) is 44.7 Å². The number of piperidine rings is 1. The van der Waals surface area contributed by atoms with Gasteiger partial charge in [-0.15, -0.1) is 0 Å². The molecule has 0 radical (unpaired) electrons. The van der Waals surface area contributed by atoms with Gasteiger partial charge in [0.1, 0.15) is 0 Å². The second kappa shape index (κ2) is 10.6. The van der Waals surface area contributed by atoms with Crippen LogP contribution in [0, 0.1) is 11.3 Å². The minimum atomic E-state index is 0.106. The van der Waals surface area contributed by atoms with E-state index in [1.807, 2.05) is 27.7 Å². The molecule has 0 unspecified atom stereocenters. The van der Waals surface area contributed by atoms with Crippen molar-refractivity contribution < 1.29 is 10.1 Å². The maximum absolute atomic E-state index is 8.70. The maximum Gasteiger partial charge on any atom is 0.0927 e. The van der Waals surface area contributed by atoms with Crippen molar-refractivity contribution in [1.82, 2.24) is 10.2 Å². The highest BCUT2D eigenvalue weighted by atomic mass is 17.1. The average Bonchev–Trinajstić information content (AvgIpc) is 2.59. The molecule has 4 heteroatoms. The lowest BCUT2D eigenvalue weighted by Gasteiger charge is -2.54.